The normalized spacial score (nSPS) is 10.5. The molecule has 0 atom stereocenters. The third-order valence-corrected chi connectivity index (χ3v) is 4.94. The number of aryl methyl sites for hydroxylation is 1. The summed E-state index contributed by atoms with van der Waals surface area (Å²) in [4.78, 5) is 24.1. The third-order valence-electron chi connectivity index (χ3n) is 4.94. The molecule has 5 heteroatoms. The summed E-state index contributed by atoms with van der Waals surface area (Å²) in [5.41, 5.74) is 4.38. The maximum atomic E-state index is 13.3. The van der Waals surface area contributed by atoms with E-state index in [1.807, 2.05) is 91.9 Å². The van der Waals surface area contributed by atoms with Gasteiger partial charge < -0.3 is 10.2 Å². The van der Waals surface area contributed by atoms with Crippen LogP contribution in [-0.4, -0.2) is 27.8 Å². The molecule has 4 rings (SSSR count). The zero-order chi connectivity index (χ0) is 21.6. The number of amides is 1. The molecule has 0 bridgehead atoms. The van der Waals surface area contributed by atoms with Gasteiger partial charge in [0.1, 0.15) is 11.4 Å². The van der Waals surface area contributed by atoms with Crippen molar-refractivity contribution in [2.75, 3.05) is 12.4 Å². The number of nitrogens with one attached hydrogen (secondary N) is 1. The first-order chi connectivity index (χ1) is 15.1. The average Bonchev–Trinajstić information content (AvgIpc) is 2.80. The summed E-state index contributed by atoms with van der Waals surface area (Å²) in [6.45, 7) is 2.53. The molecular formula is C26H24N4O. The Morgan fingerprint density at radius 3 is 2.35 bits per heavy atom. The van der Waals surface area contributed by atoms with Gasteiger partial charge in [-0.25, -0.2) is 9.97 Å². The highest BCUT2D eigenvalue weighted by Gasteiger charge is 2.19. The Morgan fingerprint density at radius 1 is 0.935 bits per heavy atom. The molecule has 0 aliphatic rings. The number of nitrogens with zero attached hydrogens (tertiary/aromatic N) is 3. The molecule has 154 valence electrons. The maximum absolute atomic E-state index is 13.3. The van der Waals surface area contributed by atoms with Crippen LogP contribution in [0.2, 0.25) is 0 Å². The molecule has 31 heavy (non-hydrogen) atoms. The van der Waals surface area contributed by atoms with E-state index >= 15 is 0 Å². The first kappa shape index (κ1) is 20.3. The minimum atomic E-state index is -0.140. The van der Waals surface area contributed by atoms with Crippen LogP contribution in [0.1, 0.15) is 21.5 Å². The van der Waals surface area contributed by atoms with Gasteiger partial charge in [-0.3, -0.25) is 4.79 Å². The van der Waals surface area contributed by atoms with Gasteiger partial charge in [-0.2, -0.15) is 0 Å². The van der Waals surface area contributed by atoms with Crippen LogP contribution in [0.15, 0.2) is 91.1 Å². The van der Waals surface area contributed by atoms with Crippen molar-refractivity contribution in [2.45, 2.75) is 13.5 Å². The lowest BCUT2D eigenvalue weighted by atomic mass is 10.1. The molecule has 1 amide bonds. The fourth-order valence-corrected chi connectivity index (χ4v) is 3.35. The molecule has 0 saturated carbocycles. The standard InChI is InChI=1S/C26H24N4O/c1-19-10-9-15-22(16-19)28-25-23(17-27-24(29-25)21-13-7-4-8-14-21)26(31)30(2)18-20-11-5-3-6-12-20/h3-17H,18H2,1-2H3,(H,27,28,29). The molecule has 1 N–H and O–H groups in total. The van der Waals surface area contributed by atoms with Crippen molar-refractivity contribution in [3.05, 3.63) is 108 Å². The molecule has 0 aliphatic heterocycles. The molecule has 0 radical (unpaired) electrons. The van der Waals surface area contributed by atoms with E-state index in [0.29, 0.717) is 23.8 Å². The summed E-state index contributed by atoms with van der Waals surface area (Å²) in [5, 5.41) is 3.32. The number of aromatic nitrogens is 2. The van der Waals surface area contributed by atoms with Crippen LogP contribution < -0.4 is 5.32 Å². The van der Waals surface area contributed by atoms with Crippen molar-refractivity contribution in [2.24, 2.45) is 0 Å². The van der Waals surface area contributed by atoms with Crippen LogP contribution >= 0.6 is 0 Å². The maximum Gasteiger partial charge on any atom is 0.259 e. The molecule has 0 unspecified atom stereocenters. The van der Waals surface area contributed by atoms with Crippen molar-refractivity contribution in [3.8, 4) is 11.4 Å². The number of hydrogen-bond donors (Lipinski definition) is 1. The van der Waals surface area contributed by atoms with Crippen LogP contribution in [0.4, 0.5) is 11.5 Å². The van der Waals surface area contributed by atoms with Gasteiger partial charge in [-0.1, -0.05) is 72.8 Å². The number of rotatable bonds is 6. The first-order valence-corrected chi connectivity index (χ1v) is 10.2. The molecule has 3 aromatic carbocycles. The van der Waals surface area contributed by atoms with E-state index in [0.717, 1.165) is 22.4 Å². The molecule has 0 spiro atoms. The molecule has 0 saturated heterocycles. The van der Waals surface area contributed by atoms with Crippen molar-refractivity contribution in [1.29, 1.82) is 0 Å². The molecule has 1 heterocycles. The van der Waals surface area contributed by atoms with Gasteiger partial charge in [-0.15, -0.1) is 0 Å². The molecule has 1 aromatic heterocycles. The van der Waals surface area contributed by atoms with Crippen LogP contribution in [0, 0.1) is 6.92 Å². The SMILES string of the molecule is Cc1cccc(Nc2nc(-c3ccccc3)ncc2C(=O)N(C)Cc2ccccc2)c1. The second kappa shape index (κ2) is 9.22. The topological polar surface area (TPSA) is 58.1 Å². The predicted molar refractivity (Wildman–Crippen MR) is 124 cm³/mol. The fraction of sp³-hybridized carbons (Fsp3) is 0.115. The van der Waals surface area contributed by atoms with Crippen molar-refractivity contribution < 1.29 is 4.79 Å². The number of anilines is 2. The second-order valence-electron chi connectivity index (χ2n) is 7.46. The Labute approximate surface area is 182 Å². The Morgan fingerprint density at radius 2 is 1.65 bits per heavy atom. The molecule has 0 aliphatic carbocycles. The number of hydrogen-bond acceptors (Lipinski definition) is 4. The molecule has 4 aromatic rings. The second-order valence-corrected chi connectivity index (χ2v) is 7.46. The zero-order valence-corrected chi connectivity index (χ0v) is 17.6. The lowest BCUT2D eigenvalue weighted by molar-refractivity contribution is 0.0785. The van der Waals surface area contributed by atoms with Crippen LogP contribution in [-0.2, 0) is 6.54 Å². The number of carbonyl (C=O) groups excluding carboxylic acids is 1. The van der Waals surface area contributed by atoms with E-state index in [2.05, 4.69) is 10.3 Å². The highest BCUT2D eigenvalue weighted by atomic mass is 16.2. The Bertz CT molecular complexity index is 1180. The van der Waals surface area contributed by atoms with Gasteiger partial charge in [0, 0.05) is 31.0 Å². The Balaban J connectivity index is 1.69. The first-order valence-electron chi connectivity index (χ1n) is 10.2. The lowest BCUT2D eigenvalue weighted by Crippen LogP contribution is -2.27. The van der Waals surface area contributed by atoms with E-state index in [9.17, 15) is 4.79 Å². The predicted octanol–water partition coefficient (Wildman–Crippen LogP) is 5.47. The molecule has 5 nitrogen and oxygen atoms in total. The minimum absolute atomic E-state index is 0.140. The van der Waals surface area contributed by atoms with Gasteiger partial charge in [0.15, 0.2) is 5.82 Å². The van der Waals surface area contributed by atoms with E-state index in [-0.39, 0.29) is 5.91 Å². The third kappa shape index (κ3) is 4.95. The molecular weight excluding hydrogens is 384 g/mol. The highest BCUT2D eigenvalue weighted by Crippen LogP contribution is 2.24. The van der Waals surface area contributed by atoms with Crippen LogP contribution in [0.25, 0.3) is 11.4 Å². The summed E-state index contributed by atoms with van der Waals surface area (Å²) in [6, 6.07) is 27.6. The lowest BCUT2D eigenvalue weighted by Gasteiger charge is -2.19. The average molecular weight is 409 g/mol. The number of carbonyl (C=O) groups is 1. The smallest absolute Gasteiger partial charge is 0.259 e. The van der Waals surface area contributed by atoms with E-state index in [1.54, 1.807) is 18.1 Å². The summed E-state index contributed by atoms with van der Waals surface area (Å²) < 4.78 is 0. The summed E-state index contributed by atoms with van der Waals surface area (Å²) >= 11 is 0. The van der Waals surface area contributed by atoms with E-state index in [4.69, 9.17) is 4.98 Å². The minimum Gasteiger partial charge on any atom is -0.339 e. The zero-order valence-electron chi connectivity index (χ0n) is 17.6. The van der Waals surface area contributed by atoms with Gasteiger partial charge in [0.2, 0.25) is 0 Å². The van der Waals surface area contributed by atoms with Gasteiger partial charge in [-0.05, 0) is 30.2 Å². The van der Waals surface area contributed by atoms with Crippen molar-refractivity contribution in [3.63, 3.8) is 0 Å². The van der Waals surface area contributed by atoms with Crippen LogP contribution in [0.5, 0.6) is 0 Å². The quantitative estimate of drug-likeness (QED) is 0.460. The highest BCUT2D eigenvalue weighted by molar-refractivity contribution is 5.99. The van der Waals surface area contributed by atoms with E-state index in [1.165, 1.54) is 0 Å². The summed E-state index contributed by atoms with van der Waals surface area (Å²) in [6.07, 6.45) is 1.61. The monoisotopic (exact) mass is 408 g/mol. The molecule has 0 fully saturated rings. The van der Waals surface area contributed by atoms with Gasteiger partial charge >= 0.3 is 0 Å². The van der Waals surface area contributed by atoms with Crippen LogP contribution in [0.3, 0.4) is 0 Å². The largest absolute Gasteiger partial charge is 0.339 e. The number of benzene rings is 3. The summed E-state index contributed by atoms with van der Waals surface area (Å²) in [7, 11) is 1.79. The van der Waals surface area contributed by atoms with Crippen molar-refractivity contribution >= 4 is 17.4 Å². The fourth-order valence-electron chi connectivity index (χ4n) is 3.35. The Hall–Kier alpha value is -3.99. The van der Waals surface area contributed by atoms with Gasteiger partial charge in [0.25, 0.3) is 5.91 Å². The summed E-state index contributed by atoms with van der Waals surface area (Å²) in [5.74, 6) is 0.918. The van der Waals surface area contributed by atoms with Crippen molar-refractivity contribution in [1.82, 2.24) is 14.9 Å². The van der Waals surface area contributed by atoms with Gasteiger partial charge in [0.05, 0.1) is 0 Å². The van der Waals surface area contributed by atoms with E-state index < -0.39 is 0 Å². The Kier molecular flexibility index (Phi) is 6.03.